The van der Waals surface area contributed by atoms with E-state index in [1.54, 1.807) is 6.92 Å². The number of benzene rings is 1. The number of aliphatic hydroxyl groups excluding tert-OH is 1. The van der Waals surface area contributed by atoms with Gasteiger partial charge in [0, 0.05) is 12.2 Å². The SMILES string of the molecule is Cc1cc(C)c(NCC(C)O)c(C)c1. The Morgan fingerprint density at radius 1 is 1.21 bits per heavy atom. The summed E-state index contributed by atoms with van der Waals surface area (Å²) in [6, 6.07) is 4.30. The number of aryl methyl sites for hydroxylation is 3. The summed E-state index contributed by atoms with van der Waals surface area (Å²) in [5.74, 6) is 0. The van der Waals surface area contributed by atoms with Crippen LogP contribution in [0.1, 0.15) is 23.6 Å². The Labute approximate surface area is 86.0 Å². The molecule has 1 rings (SSSR count). The zero-order chi connectivity index (χ0) is 10.7. The van der Waals surface area contributed by atoms with Gasteiger partial charge in [0.05, 0.1) is 6.10 Å². The summed E-state index contributed by atoms with van der Waals surface area (Å²) in [5, 5.41) is 12.4. The second-order valence-electron chi connectivity index (χ2n) is 4.00. The summed E-state index contributed by atoms with van der Waals surface area (Å²) in [7, 11) is 0. The van der Waals surface area contributed by atoms with Crippen molar-refractivity contribution < 1.29 is 5.11 Å². The van der Waals surface area contributed by atoms with Gasteiger partial charge in [0.25, 0.3) is 0 Å². The van der Waals surface area contributed by atoms with Gasteiger partial charge in [-0.1, -0.05) is 17.7 Å². The van der Waals surface area contributed by atoms with Gasteiger partial charge in [0.15, 0.2) is 0 Å². The third-order valence-electron chi connectivity index (χ3n) is 2.25. The smallest absolute Gasteiger partial charge is 0.0684 e. The molecule has 0 bridgehead atoms. The number of rotatable bonds is 3. The van der Waals surface area contributed by atoms with Crippen molar-refractivity contribution >= 4 is 5.69 Å². The second-order valence-corrected chi connectivity index (χ2v) is 4.00. The fourth-order valence-electron chi connectivity index (χ4n) is 1.71. The molecule has 0 aliphatic carbocycles. The first kappa shape index (κ1) is 11.1. The fourth-order valence-corrected chi connectivity index (χ4v) is 1.71. The lowest BCUT2D eigenvalue weighted by Gasteiger charge is -2.14. The molecular formula is C12H19NO. The normalized spacial score (nSPS) is 12.6. The highest BCUT2D eigenvalue weighted by molar-refractivity contribution is 5.58. The van der Waals surface area contributed by atoms with Crippen LogP contribution in [0.5, 0.6) is 0 Å². The molecule has 0 saturated carbocycles. The van der Waals surface area contributed by atoms with Gasteiger partial charge in [-0.05, 0) is 38.8 Å². The van der Waals surface area contributed by atoms with Gasteiger partial charge in [0.2, 0.25) is 0 Å². The first-order valence-electron chi connectivity index (χ1n) is 5.00. The fraction of sp³-hybridized carbons (Fsp3) is 0.500. The first-order chi connectivity index (χ1) is 6.50. The minimum absolute atomic E-state index is 0.310. The molecule has 78 valence electrons. The molecule has 0 amide bonds. The van der Waals surface area contributed by atoms with E-state index in [9.17, 15) is 5.11 Å². The zero-order valence-corrected chi connectivity index (χ0v) is 9.39. The molecular weight excluding hydrogens is 174 g/mol. The second kappa shape index (κ2) is 4.47. The first-order valence-corrected chi connectivity index (χ1v) is 5.00. The average molecular weight is 193 g/mol. The molecule has 0 aromatic heterocycles. The van der Waals surface area contributed by atoms with E-state index in [0.29, 0.717) is 6.54 Å². The summed E-state index contributed by atoms with van der Waals surface area (Å²) in [4.78, 5) is 0. The molecule has 0 fully saturated rings. The van der Waals surface area contributed by atoms with E-state index in [1.807, 2.05) is 0 Å². The topological polar surface area (TPSA) is 32.3 Å². The Kier molecular flexibility index (Phi) is 3.53. The third kappa shape index (κ3) is 2.74. The molecule has 0 aliphatic heterocycles. The summed E-state index contributed by atoms with van der Waals surface area (Å²) in [6.45, 7) is 8.66. The van der Waals surface area contributed by atoms with E-state index in [-0.39, 0.29) is 6.10 Å². The van der Waals surface area contributed by atoms with E-state index in [2.05, 4.69) is 38.2 Å². The van der Waals surface area contributed by atoms with Crippen LogP contribution < -0.4 is 5.32 Å². The van der Waals surface area contributed by atoms with Crippen molar-refractivity contribution in [1.82, 2.24) is 0 Å². The van der Waals surface area contributed by atoms with Crippen molar-refractivity contribution in [3.05, 3.63) is 28.8 Å². The van der Waals surface area contributed by atoms with E-state index in [0.717, 1.165) is 5.69 Å². The Morgan fingerprint density at radius 3 is 2.14 bits per heavy atom. The highest BCUT2D eigenvalue weighted by atomic mass is 16.3. The molecule has 2 nitrogen and oxygen atoms in total. The number of nitrogens with one attached hydrogen (secondary N) is 1. The van der Waals surface area contributed by atoms with Gasteiger partial charge in [-0.25, -0.2) is 0 Å². The Bertz CT molecular complexity index is 295. The molecule has 2 N–H and O–H groups in total. The molecule has 0 aliphatic rings. The van der Waals surface area contributed by atoms with Crippen LogP contribution in [-0.2, 0) is 0 Å². The minimum atomic E-state index is -0.310. The maximum Gasteiger partial charge on any atom is 0.0684 e. The number of hydrogen-bond donors (Lipinski definition) is 2. The Balaban J connectivity index is 2.86. The lowest BCUT2D eigenvalue weighted by molar-refractivity contribution is 0.208. The van der Waals surface area contributed by atoms with Crippen molar-refractivity contribution in [2.75, 3.05) is 11.9 Å². The summed E-state index contributed by atoms with van der Waals surface area (Å²) >= 11 is 0. The molecule has 14 heavy (non-hydrogen) atoms. The summed E-state index contributed by atoms with van der Waals surface area (Å²) in [5.41, 5.74) is 4.91. The molecule has 1 unspecified atom stereocenters. The molecule has 0 saturated heterocycles. The lowest BCUT2D eigenvalue weighted by atomic mass is 10.1. The quantitative estimate of drug-likeness (QED) is 0.772. The van der Waals surface area contributed by atoms with Gasteiger partial charge in [-0.3, -0.25) is 0 Å². The van der Waals surface area contributed by atoms with Crippen LogP contribution in [0.4, 0.5) is 5.69 Å². The van der Waals surface area contributed by atoms with E-state index < -0.39 is 0 Å². The van der Waals surface area contributed by atoms with Crippen LogP contribution in [0, 0.1) is 20.8 Å². The van der Waals surface area contributed by atoms with Crippen LogP contribution in [0.3, 0.4) is 0 Å². The maximum atomic E-state index is 9.19. The molecule has 0 spiro atoms. The molecule has 1 aromatic carbocycles. The zero-order valence-electron chi connectivity index (χ0n) is 9.39. The van der Waals surface area contributed by atoms with Gasteiger partial charge in [-0.15, -0.1) is 0 Å². The van der Waals surface area contributed by atoms with Crippen molar-refractivity contribution in [1.29, 1.82) is 0 Å². The van der Waals surface area contributed by atoms with Crippen LogP contribution in [-0.4, -0.2) is 17.8 Å². The summed E-state index contributed by atoms with van der Waals surface area (Å²) in [6.07, 6.45) is -0.310. The molecule has 0 heterocycles. The largest absolute Gasteiger partial charge is 0.392 e. The predicted octanol–water partition coefficient (Wildman–Crippen LogP) is 2.40. The van der Waals surface area contributed by atoms with Crippen LogP contribution in [0.25, 0.3) is 0 Å². The van der Waals surface area contributed by atoms with Gasteiger partial charge in [0.1, 0.15) is 0 Å². The lowest BCUT2D eigenvalue weighted by Crippen LogP contribution is -2.16. The van der Waals surface area contributed by atoms with Gasteiger partial charge in [-0.2, -0.15) is 0 Å². The Hall–Kier alpha value is -1.02. The van der Waals surface area contributed by atoms with Gasteiger partial charge < -0.3 is 10.4 Å². The average Bonchev–Trinajstić information content (AvgIpc) is 2.01. The highest BCUT2D eigenvalue weighted by Crippen LogP contribution is 2.21. The van der Waals surface area contributed by atoms with Crippen LogP contribution >= 0.6 is 0 Å². The molecule has 2 heteroatoms. The number of anilines is 1. The Morgan fingerprint density at radius 2 is 1.71 bits per heavy atom. The number of aliphatic hydroxyl groups is 1. The van der Waals surface area contributed by atoms with Crippen molar-refractivity contribution in [3.8, 4) is 0 Å². The van der Waals surface area contributed by atoms with Crippen LogP contribution in [0.15, 0.2) is 12.1 Å². The van der Waals surface area contributed by atoms with E-state index in [4.69, 9.17) is 0 Å². The van der Waals surface area contributed by atoms with Crippen molar-refractivity contribution in [2.24, 2.45) is 0 Å². The minimum Gasteiger partial charge on any atom is -0.392 e. The van der Waals surface area contributed by atoms with E-state index >= 15 is 0 Å². The molecule has 0 radical (unpaired) electrons. The third-order valence-corrected chi connectivity index (χ3v) is 2.25. The monoisotopic (exact) mass is 193 g/mol. The standard InChI is InChI=1S/C12H19NO/c1-8-5-9(2)12(10(3)6-8)13-7-11(4)14/h5-6,11,13-14H,7H2,1-4H3. The molecule has 1 atom stereocenters. The number of hydrogen-bond acceptors (Lipinski definition) is 2. The van der Waals surface area contributed by atoms with Gasteiger partial charge >= 0.3 is 0 Å². The highest BCUT2D eigenvalue weighted by Gasteiger charge is 2.03. The predicted molar refractivity (Wildman–Crippen MR) is 60.8 cm³/mol. The van der Waals surface area contributed by atoms with Crippen LogP contribution in [0.2, 0.25) is 0 Å². The van der Waals surface area contributed by atoms with E-state index in [1.165, 1.54) is 16.7 Å². The maximum absolute atomic E-state index is 9.19. The van der Waals surface area contributed by atoms with Crippen molar-refractivity contribution in [2.45, 2.75) is 33.8 Å². The summed E-state index contributed by atoms with van der Waals surface area (Å²) < 4.78 is 0. The molecule has 1 aromatic rings. The van der Waals surface area contributed by atoms with Crippen molar-refractivity contribution in [3.63, 3.8) is 0 Å².